The Morgan fingerprint density at radius 3 is 2.36 bits per heavy atom. The average Bonchev–Trinajstić information content (AvgIpc) is 3.33. The van der Waals surface area contributed by atoms with E-state index in [2.05, 4.69) is 4.90 Å². The summed E-state index contributed by atoms with van der Waals surface area (Å²) in [7, 11) is 1.77. The highest BCUT2D eigenvalue weighted by Crippen LogP contribution is 2.46. The number of alkyl halides is 2. The van der Waals surface area contributed by atoms with Crippen LogP contribution in [0.5, 0.6) is 0 Å². The predicted molar refractivity (Wildman–Crippen MR) is 90.5 cm³/mol. The Morgan fingerprint density at radius 1 is 1.12 bits per heavy atom. The van der Waals surface area contributed by atoms with E-state index in [1.165, 1.54) is 25.7 Å². The van der Waals surface area contributed by atoms with Crippen LogP contribution in [-0.4, -0.2) is 66.6 Å². The van der Waals surface area contributed by atoms with E-state index in [1.54, 1.807) is 7.11 Å². The van der Waals surface area contributed by atoms with Crippen LogP contribution in [0.4, 0.5) is 8.78 Å². The fourth-order valence-corrected chi connectivity index (χ4v) is 5.18. The van der Waals surface area contributed by atoms with Gasteiger partial charge in [0, 0.05) is 57.1 Å². The zero-order valence-corrected chi connectivity index (χ0v) is 15.2. The monoisotopic (exact) mass is 356 g/mol. The van der Waals surface area contributed by atoms with Crippen LogP contribution >= 0.6 is 0 Å². The minimum absolute atomic E-state index is 0.0408. The normalized spacial score (nSPS) is 32.1. The van der Waals surface area contributed by atoms with Gasteiger partial charge in [0.15, 0.2) is 0 Å². The van der Waals surface area contributed by atoms with Gasteiger partial charge in [-0.05, 0) is 44.4 Å². The second kappa shape index (κ2) is 6.45. The van der Waals surface area contributed by atoms with Gasteiger partial charge in [0.1, 0.15) is 0 Å². The highest BCUT2D eigenvalue weighted by molar-refractivity contribution is 5.80. The molecule has 2 aliphatic heterocycles. The van der Waals surface area contributed by atoms with Gasteiger partial charge in [0.2, 0.25) is 11.8 Å². The van der Waals surface area contributed by atoms with Gasteiger partial charge < -0.3 is 9.64 Å². The zero-order chi connectivity index (χ0) is 17.7. The van der Waals surface area contributed by atoms with Crippen molar-refractivity contribution in [2.75, 3.05) is 33.4 Å². The van der Waals surface area contributed by atoms with Crippen molar-refractivity contribution in [2.24, 2.45) is 11.8 Å². The lowest BCUT2D eigenvalue weighted by atomic mass is 9.79. The van der Waals surface area contributed by atoms with Gasteiger partial charge in [0.25, 0.3) is 0 Å². The fourth-order valence-electron chi connectivity index (χ4n) is 5.18. The number of hydrogen-bond acceptors (Lipinski definition) is 3. The van der Waals surface area contributed by atoms with Crippen LogP contribution < -0.4 is 0 Å². The molecular weight excluding hydrogens is 326 g/mol. The Kier molecular flexibility index (Phi) is 4.55. The molecular formula is C19H30F2N2O2. The third-order valence-corrected chi connectivity index (χ3v) is 6.95. The molecule has 0 N–H and O–H groups in total. The summed E-state index contributed by atoms with van der Waals surface area (Å²) in [6.07, 6.45) is 6.48. The van der Waals surface area contributed by atoms with Gasteiger partial charge in [-0.15, -0.1) is 0 Å². The second-order valence-electron chi connectivity index (χ2n) is 8.75. The van der Waals surface area contributed by atoms with Crippen molar-refractivity contribution < 1.29 is 18.3 Å². The minimum atomic E-state index is -2.61. The summed E-state index contributed by atoms with van der Waals surface area (Å²) in [5.41, 5.74) is 0.201. The predicted octanol–water partition coefficient (Wildman–Crippen LogP) is 2.91. The van der Waals surface area contributed by atoms with Crippen LogP contribution in [0.15, 0.2) is 0 Å². The maximum Gasteiger partial charge on any atom is 0.249 e. The van der Waals surface area contributed by atoms with Crippen molar-refractivity contribution in [3.8, 4) is 0 Å². The summed E-state index contributed by atoms with van der Waals surface area (Å²) < 4.78 is 31.6. The van der Waals surface area contributed by atoms with Gasteiger partial charge in [-0.3, -0.25) is 9.69 Å². The summed E-state index contributed by atoms with van der Waals surface area (Å²) in [6.45, 7) is 3.40. The smallest absolute Gasteiger partial charge is 0.249 e. The number of hydrogen-bond donors (Lipinski definition) is 0. The molecule has 1 atom stereocenters. The van der Waals surface area contributed by atoms with Crippen LogP contribution in [0.1, 0.15) is 51.4 Å². The molecule has 4 nitrogen and oxygen atoms in total. The van der Waals surface area contributed by atoms with Crippen LogP contribution in [0.3, 0.4) is 0 Å². The number of carbonyl (C=O) groups is 1. The van der Waals surface area contributed by atoms with Crippen LogP contribution in [0.2, 0.25) is 0 Å². The molecule has 0 bridgehead atoms. The first-order valence-corrected chi connectivity index (χ1v) is 9.85. The highest BCUT2D eigenvalue weighted by Gasteiger charge is 2.52. The number of methoxy groups -OCH3 is 1. The highest BCUT2D eigenvalue weighted by atomic mass is 19.3. The molecule has 4 rings (SSSR count). The van der Waals surface area contributed by atoms with Crippen LogP contribution in [0, 0.1) is 11.8 Å². The van der Waals surface area contributed by atoms with Crippen molar-refractivity contribution in [1.82, 2.24) is 9.80 Å². The molecule has 25 heavy (non-hydrogen) atoms. The van der Waals surface area contributed by atoms with Crippen molar-refractivity contribution in [3.05, 3.63) is 0 Å². The van der Waals surface area contributed by atoms with Crippen LogP contribution in [-0.2, 0) is 9.53 Å². The van der Waals surface area contributed by atoms with Gasteiger partial charge in [-0.1, -0.05) is 0 Å². The molecule has 2 aliphatic carbocycles. The Hall–Kier alpha value is -0.750. The first kappa shape index (κ1) is 17.7. The molecule has 0 aromatic rings. The van der Waals surface area contributed by atoms with E-state index in [1.807, 2.05) is 4.90 Å². The molecule has 1 amide bonds. The number of likely N-dealkylation sites (tertiary alicyclic amines) is 2. The van der Waals surface area contributed by atoms with E-state index in [9.17, 15) is 13.6 Å². The van der Waals surface area contributed by atoms with E-state index in [0.717, 1.165) is 45.0 Å². The van der Waals surface area contributed by atoms with E-state index < -0.39 is 11.8 Å². The lowest BCUT2D eigenvalue weighted by Crippen LogP contribution is -2.57. The Bertz CT molecular complexity index is 508. The molecule has 0 aromatic carbocycles. The first-order valence-electron chi connectivity index (χ1n) is 9.85. The van der Waals surface area contributed by atoms with Crippen molar-refractivity contribution in [2.45, 2.75) is 68.9 Å². The lowest BCUT2D eigenvalue weighted by Gasteiger charge is -2.48. The molecule has 2 saturated carbocycles. The SMILES string of the molecule is COCC1CCC2(CCN(C(=O)C3CC(F)(F)C3)CC2)N1CC1CC1. The number of halogens is 2. The fraction of sp³-hybridized carbons (Fsp3) is 0.947. The largest absolute Gasteiger partial charge is 0.383 e. The Labute approximate surface area is 148 Å². The number of ether oxygens (including phenoxy) is 1. The van der Waals surface area contributed by atoms with Gasteiger partial charge >= 0.3 is 0 Å². The first-order chi connectivity index (χ1) is 11.9. The quantitative estimate of drug-likeness (QED) is 0.759. The number of piperidine rings is 1. The van der Waals surface area contributed by atoms with Crippen molar-refractivity contribution in [3.63, 3.8) is 0 Å². The Morgan fingerprint density at radius 2 is 1.80 bits per heavy atom. The summed E-state index contributed by atoms with van der Waals surface area (Å²) in [5, 5.41) is 0. The topological polar surface area (TPSA) is 32.8 Å². The molecule has 0 radical (unpaired) electrons. The number of amides is 1. The zero-order valence-electron chi connectivity index (χ0n) is 15.2. The van der Waals surface area contributed by atoms with Gasteiger partial charge in [0.05, 0.1) is 6.61 Å². The van der Waals surface area contributed by atoms with Gasteiger partial charge in [-0.2, -0.15) is 0 Å². The van der Waals surface area contributed by atoms with E-state index >= 15 is 0 Å². The average molecular weight is 356 g/mol. The molecule has 1 unspecified atom stereocenters. The maximum atomic E-state index is 13.1. The summed E-state index contributed by atoms with van der Waals surface area (Å²) in [5.74, 6) is -2.26. The summed E-state index contributed by atoms with van der Waals surface area (Å²) in [4.78, 5) is 17.0. The summed E-state index contributed by atoms with van der Waals surface area (Å²) in [6, 6.07) is 0.498. The summed E-state index contributed by atoms with van der Waals surface area (Å²) >= 11 is 0. The van der Waals surface area contributed by atoms with E-state index in [0.29, 0.717) is 6.04 Å². The molecule has 142 valence electrons. The molecule has 2 heterocycles. The Balaban J connectivity index is 1.36. The molecule has 4 fully saturated rings. The number of rotatable bonds is 5. The van der Waals surface area contributed by atoms with E-state index in [-0.39, 0.29) is 24.3 Å². The van der Waals surface area contributed by atoms with Crippen LogP contribution in [0.25, 0.3) is 0 Å². The minimum Gasteiger partial charge on any atom is -0.383 e. The van der Waals surface area contributed by atoms with Crippen molar-refractivity contribution in [1.29, 1.82) is 0 Å². The van der Waals surface area contributed by atoms with E-state index in [4.69, 9.17) is 4.74 Å². The molecule has 6 heteroatoms. The second-order valence-corrected chi connectivity index (χ2v) is 8.75. The number of nitrogens with zero attached hydrogens (tertiary/aromatic N) is 2. The maximum absolute atomic E-state index is 13.1. The molecule has 0 aromatic heterocycles. The standard InChI is InChI=1S/C19H30F2N2O2/c1-25-13-16-4-5-18(23(16)12-14-2-3-14)6-8-22(9-7-18)17(24)15-10-19(20,21)11-15/h14-16H,2-13H2,1H3. The third-order valence-electron chi connectivity index (χ3n) is 6.95. The molecule has 1 spiro atoms. The van der Waals surface area contributed by atoms with Gasteiger partial charge in [-0.25, -0.2) is 8.78 Å². The molecule has 4 aliphatic rings. The van der Waals surface area contributed by atoms with Crippen molar-refractivity contribution >= 4 is 5.91 Å². The number of carbonyl (C=O) groups excluding carboxylic acids is 1. The molecule has 2 saturated heterocycles. The third kappa shape index (κ3) is 3.44. The lowest BCUT2D eigenvalue weighted by molar-refractivity contribution is -0.162.